The van der Waals surface area contributed by atoms with E-state index < -0.39 is 0 Å². The number of para-hydroxylation sites is 1. The van der Waals surface area contributed by atoms with E-state index in [4.69, 9.17) is 4.74 Å². The first-order chi connectivity index (χ1) is 9.22. The van der Waals surface area contributed by atoms with Gasteiger partial charge < -0.3 is 9.84 Å². The molecule has 1 N–H and O–H groups in total. The van der Waals surface area contributed by atoms with E-state index in [1.807, 2.05) is 37.3 Å². The number of benzene rings is 2. The minimum atomic E-state index is 0.174. The highest BCUT2D eigenvalue weighted by Crippen LogP contribution is 2.29. The van der Waals surface area contributed by atoms with Crippen LogP contribution in [0.25, 0.3) is 10.9 Å². The summed E-state index contributed by atoms with van der Waals surface area (Å²) in [6, 6.07) is 12.7. The van der Waals surface area contributed by atoms with E-state index in [1.54, 1.807) is 12.1 Å². The summed E-state index contributed by atoms with van der Waals surface area (Å²) in [5.74, 6) is 1.21. The van der Waals surface area contributed by atoms with E-state index in [2.05, 4.69) is 9.97 Å². The average Bonchev–Trinajstić information content (AvgIpc) is 2.38. The van der Waals surface area contributed by atoms with Gasteiger partial charge in [-0.3, -0.25) is 0 Å². The van der Waals surface area contributed by atoms with Crippen LogP contribution in [0.4, 0.5) is 0 Å². The summed E-state index contributed by atoms with van der Waals surface area (Å²) in [4.78, 5) is 8.32. The van der Waals surface area contributed by atoms with Gasteiger partial charge in [0.15, 0.2) is 0 Å². The van der Waals surface area contributed by atoms with Crippen molar-refractivity contribution >= 4 is 10.9 Å². The van der Waals surface area contributed by atoms with Crippen LogP contribution < -0.4 is 4.74 Å². The largest absolute Gasteiger partial charge is 0.508 e. The van der Waals surface area contributed by atoms with Gasteiger partial charge in [0, 0.05) is 6.07 Å². The number of aryl methyl sites for hydroxylation is 1. The Labute approximate surface area is 110 Å². The maximum atomic E-state index is 9.57. The molecule has 0 aliphatic rings. The molecule has 1 aromatic heterocycles. The van der Waals surface area contributed by atoms with Gasteiger partial charge in [0.1, 0.15) is 17.8 Å². The SMILES string of the molecule is Cc1cc(O)cc(Oc2ncnc3ccccc23)c1. The molecule has 0 radical (unpaired) electrons. The van der Waals surface area contributed by atoms with Crippen LogP contribution in [0, 0.1) is 6.92 Å². The van der Waals surface area contributed by atoms with Gasteiger partial charge in [0.2, 0.25) is 5.88 Å². The maximum absolute atomic E-state index is 9.57. The van der Waals surface area contributed by atoms with Crippen molar-refractivity contribution in [2.24, 2.45) is 0 Å². The Hall–Kier alpha value is -2.62. The molecule has 3 aromatic rings. The maximum Gasteiger partial charge on any atom is 0.230 e. The van der Waals surface area contributed by atoms with E-state index >= 15 is 0 Å². The zero-order chi connectivity index (χ0) is 13.2. The lowest BCUT2D eigenvalue weighted by molar-refractivity contribution is 0.448. The van der Waals surface area contributed by atoms with Gasteiger partial charge in [0.05, 0.1) is 10.9 Å². The molecule has 0 spiro atoms. The van der Waals surface area contributed by atoms with Gasteiger partial charge in [0.25, 0.3) is 0 Å². The average molecular weight is 252 g/mol. The first-order valence-electron chi connectivity index (χ1n) is 5.90. The second-order valence-electron chi connectivity index (χ2n) is 4.30. The zero-order valence-electron chi connectivity index (χ0n) is 10.4. The fraction of sp³-hybridized carbons (Fsp3) is 0.0667. The van der Waals surface area contributed by atoms with Crippen molar-refractivity contribution < 1.29 is 9.84 Å². The van der Waals surface area contributed by atoms with Gasteiger partial charge >= 0.3 is 0 Å². The summed E-state index contributed by atoms with van der Waals surface area (Å²) in [5.41, 5.74) is 1.75. The van der Waals surface area contributed by atoms with Crippen molar-refractivity contribution in [3.05, 3.63) is 54.4 Å². The first kappa shape index (κ1) is 11.5. The van der Waals surface area contributed by atoms with Crippen molar-refractivity contribution in [1.29, 1.82) is 0 Å². The molecule has 3 rings (SSSR count). The van der Waals surface area contributed by atoms with Crippen molar-refractivity contribution in [2.45, 2.75) is 6.92 Å². The number of rotatable bonds is 2. The van der Waals surface area contributed by atoms with E-state index in [1.165, 1.54) is 6.33 Å². The van der Waals surface area contributed by atoms with E-state index in [0.29, 0.717) is 11.6 Å². The molecule has 0 atom stereocenters. The normalized spacial score (nSPS) is 10.6. The lowest BCUT2D eigenvalue weighted by Gasteiger charge is -2.08. The molecular weight excluding hydrogens is 240 g/mol. The second-order valence-corrected chi connectivity index (χ2v) is 4.30. The Morgan fingerprint density at radius 2 is 1.89 bits per heavy atom. The summed E-state index contributed by atoms with van der Waals surface area (Å²) in [6.45, 7) is 1.89. The molecular formula is C15H12N2O2. The summed E-state index contributed by atoms with van der Waals surface area (Å²) < 4.78 is 5.74. The molecule has 0 aliphatic carbocycles. The minimum absolute atomic E-state index is 0.174. The second kappa shape index (κ2) is 4.57. The number of aromatic hydroxyl groups is 1. The first-order valence-corrected chi connectivity index (χ1v) is 5.90. The fourth-order valence-corrected chi connectivity index (χ4v) is 1.96. The van der Waals surface area contributed by atoms with Gasteiger partial charge in [-0.15, -0.1) is 0 Å². The van der Waals surface area contributed by atoms with Gasteiger partial charge in [-0.1, -0.05) is 12.1 Å². The van der Waals surface area contributed by atoms with Crippen molar-refractivity contribution in [3.8, 4) is 17.4 Å². The number of fused-ring (bicyclic) bond motifs is 1. The third kappa shape index (κ3) is 2.33. The molecule has 0 bridgehead atoms. The number of ether oxygens (including phenoxy) is 1. The van der Waals surface area contributed by atoms with Crippen molar-refractivity contribution in [3.63, 3.8) is 0 Å². The topological polar surface area (TPSA) is 55.2 Å². The van der Waals surface area contributed by atoms with Crippen LogP contribution in [0.1, 0.15) is 5.56 Å². The monoisotopic (exact) mass is 252 g/mol. The van der Waals surface area contributed by atoms with E-state index in [9.17, 15) is 5.11 Å². The highest BCUT2D eigenvalue weighted by molar-refractivity contribution is 5.83. The quantitative estimate of drug-likeness (QED) is 0.759. The Morgan fingerprint density at radius 1 is 1.05 bits per heavy atom. The molecule has 4 heteroatoms. The van der Waals surface area contributed by atoms with Crippen LogP contribution in [0.2, 0.25) is 0 Å². The molecule has 94 valence electrons. The summed E-state index contributed by atoms with van der Waals surface area (Å²) in [7, 11) is 0. The number of phenols is 1. The summed E-state index contributed by atoms with van der Waals surface area (Å²) in [6.07, 6.45) is 1.47. The Morgan fingerprint density at radius 3 is 2.74 bits per heavy atom. The highest BCUT2D eigenvalue weighted by atomic mass is 16.5. The molecule has 1 heterocycles. The predicted molar refractivity (Wildman–Crippen MR) is 72.5 cm³/mol. The molecule has 0 fully saturated rings. The number of hydrogen-bond acceptors (Lipinski definition) is 4. The predicted octanol–water partition coefficient (Wildman–Crippen LogP) is 3.44. The smallest absolute Gasteiger partial charge is 0.230 e. The Kier molecular flexibility index (Phi) is 2.76. The molecule has 0 saturated heterocycles. The van der Waals surface area contributed by atoms with E-state index in [0.717, 1.165) is 16.5 Å². The Bertz CT molecular complexity index is 716. The third-order valence-corrected chi connectivity index (χ3v) is 2.76. The van der Waals surface area contributed by atoms with Crippen LogP contribution in [-0.2, 0) is 0 Å². The van der Waals surface area contributed by atoms with Crippen molar-refractivity contribution in [2.75, 3.05) is 0 Å². The lowest BCUT2D eigenvalue weighted by atomic mass is 10.2. The highest BCUT2D eigenvalue weighted by Gasteiger charge is 2.06. The van der Waals surface area contributed by atoms with Gasteiger partial charge in [-0.05, 0) is 36.8 Å². The van der Waals surface area contributed by atoms with Crippen LogP contribution in [-0.4, -0.2) is 15.1 Å². The summed E-state index contributed by atoms with van der Waals surface area (Å²) >= 11 is 0. The third-order valence-electron chi connectivity index (χ3n) is 2.76. The Balaban J connectivity index is 2.05. The molecule has 0 saturated carbocycles. The molecule has 0 aliphatic heterocycles. The summed E-state index contributed by atoms with van der Waals surface area (Å²) in [5, 5.41) is 10.4. The number of nitrogens with zero attached hydrogens (tertiary/aromatic N) is 2. The van der Waals surface area contributed by atoms with Crippen LogP contribution in [0.5, 0.6) is 17.4 Å². The molecule has 0 amide bonds. The molecule has 2 aromatic carbocycles. The van der Waals surface area contributed by atoms with Crippen LogP contribution in [0.15, 0.2) is 48.8 Å². The van der Waals surface area contributed by atoms with E-state index in [-0.39, 0.29) is 5.75 Å². The molecule has 19 heavy (non-hydrogen) atoms. The number of aromatic nitrogens is 2. The van der Waals surface area contributed by atoms with Crippen LogP contribution in [0.3, 0.4) is 0 Å². The lowest BCUT2D eigenvalue weighted by Crippen LogP contribution is -1.91. The zero-order valence-corrected chi connectivity index (χ0v) is 10.4. The van der Waals surface area contributed by atoms with Gasteiger partial charge in [-0.2, -0.15) is 0 Å². The van der Waals surface area contributed by atoms with Crippen molar-refractivity contribution in [1.82, 2.24) is 9.97 Å². The molecule has 4 nitrogen and oxygen atoms in total. The standard InChI is InChI=1S/C15H12N2O2/c1-10-6-11(18)8-12(7-10)19-15-13-4-2-3-5-14(13)16-9-17-15/h2-9,18H,1H3. The number of phenolic OH excluding ortho intramolecular Hbond substituents is 1. The molecule has 0 unspecified atom stereocenters. The number of hydrogen-bond donors (Lipinski definition) is 1. The minimum Gasteiger partial charge on any atom is -0.508 e. The van der Waals surface area contributed by atoms with Gasteiger partial charge in [-0.25, -0.2) is 9.97 Å². The fourth-order valence-electron chi connectivity index (χ4n) is 1.96. The van der Waals surface area contributed by atoms with Crippen LogP contribution >= 0.6 is 0 Å².